The van der Waals surface area contributed by atoms with E-state index in [9.17, 15) is 0 Å². The third kappa shape index (κ3) is 2.75. The van der Waals surface area contributed by atoms with Gasteiger partial charge in [0.15, 0.2) is 0 Å². The van der Waals surface area contributed by atoms with Crippen molar-refractivity contribution in [1.82, 2.24) is 0 Å². The lowest BCUT2D eigenvalue weighted by molar-refractivity contribution is 0.525. The number of hydrogen-bond acceptors (Lipinski definition) is 1. The highest BCUT2D eigenvalue weighted by Crippen LogP contribution is 2.31. The largest absolute Gasteiger partial charge is 0.381 e. The molecule has 82 valence electrons. The van der Waals surface area contributed by atoms with Crippen LogP contribution in [0.2, 0.25) is 0 Å². The van der Waals surface area contributed by atoms with Crippen LogP contribution in [0.3, 0.4) is 0 Å². The molecule has 1 aromatic carbocycles. The van der Waals surface area contributed by atoms with Crippen LogP contribution < -0.4 is 5.32 Å². The molecule has 1 aromatic rings. The van der Waals surface area contributed by atoms with Gasteiger partial charge in [0.05, 0.1) is 0 Å². The minimum atomic E-state index is 0.675. The zero-order valence-electron chi connectivity index (χ0n) is 9.17. The van der Waals surface area contributed by atoms with Gasteiger partial charge < -0.3 is 5.32 Å². The fraction of sp³-hybridized carbons (Fsp3) is 0.538. The minimum absolute atomic E-state index is 0.675. The smallest absolute Gasteiger partial charge is 0.0486 e. The van der Waals surface area contributed by atoms with Gasteiger partial charge in [-0.15, -0.1) is 0 Å². The van der Waals surface area contributed by atoms with Gasteiger partial charge in [-0.05, 0) is 53.2 Å². The summed E-state index contributed by atoms with van der Waals surface area (Å²) < 4.78 is 1.17. The van der Waals surface area contributed by atoms with E-state index in [-0.39, 0.29) is 0 Å². The summed E-state index contributed by atoms with van der Waals surface area (Å²) in [6.07, 6.45) is 5.37. The van der Waals surface area contributed by atoms with Gasteiger partial charge in [-0.25, -0.2) is 0 Å². The summed E-state index contributed by atoms with van der Waals surface area (Å²) in [5.74, 6) is 0.935. The van der Waals surface area contributed by atoms with E-state index in [4.69, 9.17) is 0 Å². The molecule has 15 heavy (non-hydrogen) atoms. The molecule has 2 heteroatoms. The number of halogens is 1. The number of anilines is 1. The van der Waals surface area contributed by atoms with Gasteiger partial charge >= 0.3 is 0 Å². The normalized spacial score (nSPS) is 25.5. The second kappa shape index (κ2) is 5.02. The molecule has 0 aliphatic heterocycles. The van der Waals surface area contributed by atoms with Gasteiger partial charge in [0, 0.05) is 16.2 Å². The van der Waals surface area contributed by atoms with Gasteiger partial charge in [0.1, 0.15) is 0 Å². The Morgan fingerprint density at radius 1 is 1.33 bits per heavy atom. The number of benzene rings is 1. The molecule has 1 aliphatic rings. The molecule has 1 saturated carbocycles. The third-order valence-corrected chi connectivity index (χ3v) is 4.04. The molecule has 0 aromatic heterocycles. The predicted molar refractivity (Wildman–Crippen MR) is 69.2 cm³/mol. The summed E-state index contributed by atoms with van der Waals surface area (Å²) in [4.78, 5) is 0. The summed E-state index contributed by atoms with van der Waals surface area (Å²) in [6, 6.07) is 9.05. The highest BCUT2D eigenvalue weighted by atomic mass is 79.9. The Bertz CT molecular complexity index is 324. The maximum atomic E-state index is 3.63. The van der Waals surface area contributed by atoms with Crippen molar-refractivity contribution in [3.63, 3.8) is 0 Å². The Morgan fingerprint density at radius 3 is 2.80 bits per heavy atom. The molecule has 0 bridgehead atoms. The zero-order chi connectivity index (χ0) is 10.7. The summed E-state index contributed by atoms with van der Waals surface area (Å²) in [5, 5.41) is 3.63. The first-order valence-corrected chi connectivity index (χ1v) is 6.60. The van der Waals surface area contributed by atoms with E-state index in [0.717, 1.165) is 5.92 Å². The molecular formula is C13H18BrN. The Hall–Kier alpha value is -0.500. The Labute approximate surface area is 100 Å². The van der Waals surface area contributed by atoms with E-state index in [1.165, 1.54) is 35.8 Å². The second-order valence-electron chi connectivity index (χ2n) is 4.41. The highest BCUT2D eigenvalue weighted by molar-refractivity contribution is 9.10. The first-order valence-electron chi connectivity index (χ1n) is 5.80. The van der Waals surface area contributed by atoms with E-state index in [0.29, 0.717) is 6.04 Å². The molecule has 1 aliphatic carbocycles. The van der Waals surface area contributed by atoms with Gasteiger partial charge in [0.25, 0.3) is 0 Å². The van der Waals surface area contributed by atoms with Gasteiger partial charge in [-0.3, -0.25) is 0 Å². The van der Waals surface area contributed by atoms with Gasteiger partial charge in [0.2, 0.25) is 0 Å². The van der Waals surface area contributed by atoms with Crippen molar-refractivity contribution in [3.8, 4) is 0 Å². The standard InChI is InChI=1S/C13H18BrN/c1-2-10-7-8-11(9-10)15-13-6-4-3-5-12(13)14/h3-6,10-11,15H,2,7-9H2,1H3. The minimum Gasteiger partial charge on any atom is -0.381 e. The Morgan fingerprint density at radius 2 is 2.13 bits per heavy atom. The van der Waals surface area contributed by atoms with Crippen molar-refractivity contribution < 1.29 is 0 Å². The SMILES string of the molecule is CCC1CCC(Nc2ccccc2Br)C1. The molecule has 2 rings (SSSR count). The van der Waals surface area contributed by atoms with Crippen molar-refractivity contribution in [2.24, 2.45) is 5.92 Å². The molecular weight excluding hydrogens is 250 g/mol. The van der Waals surface area contributed by atoms with Crippen LogP contribution >= 0.6 is 15.9 Å². The average Bonchev–Trinajstić information content (AvgIpc) is 2.69. The van der Waals surface area contributed by atoms with Crippen molar-refractivity contribution >= 4 is 21.6 Å². The zero-order valence-corrected chi connectivity index (χ0v) is 10.8. The summed E-state index contributed by atoms with van der Waals surface area (Å²) in [7, 11) is 0. The second-order valence-corrected chi connectivity index (χ2v) is 5.26. The monoisotopic (exact) mass is 267 g/mol. The Kier molecular flexibility index (Phi) is 3.68. The van der Waals surface area contributed by atoms with Crippen LogP contribution in [0.25, 0.3) is 0 Å². The highest BCUT2D eigenvalue weighted by Gasteiger charge is 2.23. The van der Waals surface area contributed by atoms with E-state index in [1.54, 1.807) is 0 Å². The molecule has 1 nitrogen and oxygen atoms in total. The molecule has 0 amide bonds. The molecule has 0 heterocycles. The van der Waals surface area contributed by atoms with Gasteiger partial charge in [-0.2, -0.15) is 0 Å². The van der Waals surface area contributed by atoms with Crippen molar-refractivity contribution in [2.75, 3.05) is 5.32 Å². The Balaban J connectivity index is 1.96. The lowest BCUT2D eigenvalue weighted by Gasteiger charge is -2.15. The van der Waals surface area contributed by atoms with E-state index in [2.05, 4.69) is 52.4 Å². The lowest BCUT2D eigenvalue weighted by atomic mass is 10.1. The van der Waals surface area contributed by atoms with Crippen LogP contribution in [0.1, 0.15) is 32.6 Å². The van der Waals surface area contributed by atoms with Crippen molar-refractivity contribution in [1.29, 1.82) is 0 Å². The van der Waals surface area contributed by atoms with E-state index < -0.39 is 0 Å². The third-order valence-electron chi connectivity index (χ3n) is 3.35. The molecule has 0 radical (unpaired) electrons. The van der Waals surface area contributed by atoms with Gasteiger partial charge in [-0.1, -0.05) is 25.5 Å². The quantitative estimate of drug-likeness (QED) is 0.854. The molecule has 0 saturated heterocycles. The molecule has 1 N–H and O–H groups in total. The van der Waals surface area contributed by atoms with Crippen LogP contribution in [-0.4, -0.2) is 6.04 Å². The maximum Gasteiger partial charge on any atom is 0.0486 e. The number of para-hydroxylation sites is 1. The first-order chi connectivity index (χ1) is 7.29. The van der Waals surface area contributed by atoms with Crippen molar-refractivity contribution in [2.45, 2.75) is 38.6 Å². The fourth-order valence-corrected chi connectivity index (χ4v) is 2.77. The number of hydrogen-bond donors (Lipinski definition) is 1. The first kappa shape index (κ1) is 11.0. The summed E-state index contributed by atoms with van der Waals surface area (Å²) in [6.45, 7) is 2.30. The summed E-state index contributed by atoms with van der Waals surface area (Å²) >= 11 is 3.57. The topological polar surface area (TPSA) is 12.0 Å². The van der Waals surface area contributed by atoms with E-state index >= 15 is 0 Å². The number of nitrogens with one attached hydrogen (secondary N) is 1. The van der Waals surface area contributed by atoms with E-state index in [1.807, 2.05) is 0 Å². The predicted octanol–water partition coefficient (Wildman–Crippen LogP) is 4.44. The molecule has 0 spiro atoms. The van der Waals surface area contributed by atoms with Crippen LogP contribution in [0.4, 0.5) is 5.69 Å². The van der Waals surface area contributed by atoms with Crippen LogP contribution in [0.15, 0.2) is 28.7 Å². The molecule has 2 unspecified atom stereocenters. The van der Waals surface area contributed by atoms with Crippen LogP contribution in [0.5, 0.6) is 0 Å². The molecule has 2 atom stereocenters. The summed E-state index contributed by atoms with van der Waals surface area (Å²) in [5.41, 5.74) is 1.24. The molecule has 1 fully saturated rings. The van der Waals surface area contributed by atoms with Crippen LogP contribution in [-0.2, 0) is 0 Å². The van der Waals surface area contributed by atoms with Crippen LogP contribution in [0, 0.1) is 5.92 Å². The maximum absolute atomic E-state index is 3.63. The number of rotatable bonds is 3. The lowest BCUT2D eigenvalue weighted by Crippen LogP contribution is -2.15. The van der Waals surface area contributed by atoms with Crippen molar-refractivity contribution in [3.05, 3.63) is 28.7 Å². The average molecular weight is 268 g/mol. The fourth-order valence-electron chi connectivity index (χ4n) is 2.38.